The predicted molar refractivity (Wildman–Crippen MR) is 59.2 cm³/mol. The fourth-order valence-corrected chi connectivity index (χ4v) is 2.33. The van der Waals surface area contributed by atoms with Crippen molar-refractivity contribution in [1.82, 2.24) is 4.98 Å². The van der Waals surface area contributed by atoms with Gasteiger partial charge >= 0.3 is 0 Å². The lowest BCUT2D eigenvalue weighted by atomic mass is 10.0. The molecule has 0 spiro atoms. The molecule has 2 nitrogen and oxygen atoms in total. The van der Waals surface area contributed by atoms with E-state index in [-0.39, 0.29) is 5.56 Å². The van der Waals surface area contributed by atoms with Crippen molar-refractivity contribution in [2.45, 2.75) is 13.0 Å². The van der Waals surface area contributed by atoms with E-state index >= 15 is 0 Å². The number of nitrogens with two attached hydrogens (primary N) is 1. The van der Waals surface area contributed by atoms with Crippen LogP contribution in [0.15, 0.2) is 23.7 Å². The number of aromatic nitrogens is 1. The van der Waals surface area contributed by atoms with Crippen LogP contribution in [0.3, 0.4) is 0 Å². The third-order valence-electron chi connectivity index (χ3n) is 2.36. The zero-order valence-electron chi connectivity index (χ0n) is 8.58. The van der Waals surface area contributed by atoms with Gasteiger partial charge in [0.05, 0.1) is 17.2 Å². The molecule has 1 aromatic carbocycles. The van der Waals surface area contributed by atoms with Crippen LogP contribution in [0.2, 0.25) is 0 Å². The van der Waals surface area contributed by atoms with Crippen molar-refractivity contribution in [2.24, 2.45) is 5.73 Å². The van der Waals surface area contributed by atoms with E-state index in [1.54, 1.807) is 5.51 Å². The van der Waals surface area contributed by atoms with Gasteiger partial charge in [-0.25, -0.2) is 13.8 Å². The maximum Gasteiger partial charge on any atom is 0.131 e. The summed E-state index contributed by atoms with van der Waals surface area (Å²) in [6, 6.07) is 2.82. The summed E-state index contributed by atoms with van der Waals surface area (Å²) in [7, 11) is 0. The SMILES string of the molecule is Cc1ncsc1C(N)c1ccc(F)cc1F. The minimum absolute atomic E-state index is 0.286. The average molecular weight is 240 g/mol. The maximum absolute atomic E-state index is 13.5. The molecular weight excluding hydrogens is 230 g/mol. The first-order valence-corrected chi connectivity index (χ1v) is 5.58. The molecule has 0 aliphatic carbocycles. The Hall–Kier alpha value is -1.33. The quantitative estimate of drug-likeness (QED) is 0.876. The second-order valence-corrected chi connectivity index (χ2v) is 4.33. The first-order chi connectivity index (χ1) is 7.59. The molecule has 2 aromatic rings. The zero-order valence-corrected chi connectivity index (χ0v) is 9.39. The van der Waals surface area contributed by atoms with Crippen molar-refractivity contribution in [3.63, 3.8) is 0 Å². The van der Waals surface area contributed by atoms with E-state index in [1.807, 2.05) is 6.92 Å². The molecule has 1 heterocycles. The van der Waals surface area contributed by atoms with E-state index < -0.39 is 17.7 Å². The Kier molecular flexibility index (Phi) is 2.98. The van der Waals surface area contributed by atoms with E-state index in [4.69, 9.17) is 5.73 Å². The molecule has 84 valence electrons. The highest BCUT2D eigenvalue weighted by atomic mass is 32.1. The van der Waals surface area contributed by atoms with Crippen LogP contribution in [0.5, 0.6) is 0 Å². The molecule has 2 rings (SSSR count). The molecule has 1 unspecified atom stereocenters. The van der Waals surface area contributed by atoms with Crippen LogP contribution in [0.1, 0.15) is 22.2 Å². The summed E-state index contributed by atoms with van der Waals surface area (Å²) in [5.41, 5.74) is 8.64. The fraction of sp³-hybridized carbons (Fsp3) is 0.182. The number of hydrogen-bond donors (Lipinski definition) is 1. The standard InChI is InChI=1S/C11H10F2N2S/c1-6-11(16-5-15-6)10(14)8-3-2-7(12)4-9(8)13/h2-5,10H,14H2,1H3. The van der Waals surface area contributed by atoms with Crippen LogP contribution in [-0.4, -0.2) is 4.98 Å². The van der Waals surface area contributed by atoms with Crippen LogP contribution < -0.4 is 5.73 Å². The number of rotatable bonds is 2. The van der Waals surface area contributed by atoms with Crippen molar-refractivity contribution in [3.8, 4) is 0 Å². The van der Waals surface area contributed by atoms with Gasteiger partial charge < -0.3 is 5.73 Å². The molecule has 0 radical (unpaired) electrons. The number of aryl methyl sites for hydroxylation is 1. The third-order valence-corrected chi connectivity index (χ3v) is 3.38. The van der Waals surface area contributed by atoms with Gasteiger partial charge in [-0.1, -0.05) is 6.07 Å². The highest BCUT2D eigenvalue weighted by Crippen LogP contribution is 2.27. The maximum atomic E-state index is 13.5. The van der Waals surface area contributed by atoms with Crippen molar-refractivity contribution < 1.29 is 8.78 Å². The smallest absolute Gasteiger partial charge is 0.131 e. The van der Waals surface area contributed by atoms with Gasteiger partial charge in [-0.3, -0.25) is 0 Å². The van der Waals surface area contributed by atoms with Gasteiger partial charge in [0.15, 0.2) is 0 Å². The van der Waals surface area contributed by atoms with Crippen molar-refractivity contribution in [2.75, 3.05) is 0 Å². The molecule has 0 amide bonds. The molecule has 16 heavy (non-hydrogen) atoms. The predicted octanol–water partition coefficient (Wildman–Crippen LogP) is 2.78. The molecular formula is C11H10F2N2S. The Morgan fingerprint density at radius 3 is 2.69 bits per heavy atom. The normalized spacial score (nSPS) is 12.8. The molecule has 0 aliphatic heterocycles. The Morgan fingerprint density at radius 1 is 1.38 bits per heavy atom. The number of hydrogen-bond acceptors (Lipinski definition) is 3. The third kappa shape index (κ3) is 1.96. The van der Waals surface area contributed by atoms with Crippen LogP contribution in [0, 0.1) is 18.6 Å². The van der Waals surface area contributed by atoms with Gasteiger partial charge in [0.25, 0.3) is 0 Å². The lowest BCUT2D eigenvalue weighted by Crippen LogP contribution is -2.13. The number of thiazole rings is 1. The molecule has 2 N–H and O–H groups in total. The first kappa shape index (κ1) is 11.2. The van der Waals surface area contributed by atoms with Gasteiger partial charge in [0, 0.05) is 16.5 Å². The lowest BCUT2D eigenvalue weighted by molar-refractivity contribution is 0.566. The summed E-state index contributed by atoms with van der Waals surface area (Å²) in [5.74, 6) is -1.23. The Bertz CT molecular complexity index is 510. The molecule has 1 atom stereocenters. The van der Waals surface area contributed by atoms with Crippen LogP contribution >= 0.6 is 11.3 Å². The zero-order chi connectivity index (χ0) is 11.7. The minimum Gasteiger partial charge on any atom is -0.319 e. The summed E-state index contributed by atoms with van der Waals surface area (Å²) in [6.07, 6.45) is 0. The molecule has 0 aliphatic rings. The highest BCUT2D eigenvalue weighted by molar-refractivity contribution is 7.09. The summed E-state index contributed by atoms with van der Waals surface area (Å²) in [4.78, 5) is 4.85. The van der Waals surface area contributed by atoms with Gasteiger partial charge in [0.1, 0.15) is 11.6 Å². The number of halogens is 2. The molecule has 1 aromatic heterocycles. The van der Waals surface area contributed by atoms with Gasteiger partial charge in [-0.05, 0) is 13.0 Å². The topological polar surface area (TPSA) is 38.9 Å². The lowest BCUT2D eigenvalue weighted by Gasteiger charge is -2.11. The average Bonchev–Trinajstić information content (AvgIpc) is 2.63. The summed E-state index contributed by atoms with van der Waals surface area (Å²) in [5, 5.41) is 0. The van der Waals surface area contributed by atoms with E-state index in [1.165, 1.54) is 23.5 Å². The summed E-state index contributed by atoms with van der Waals surface area (Å²) >= 11 is 1.37. The highest BCUT2D eigenvalue weighted by Gasteiger charge is 2.17. The molecule has 0 fully saturated rings. The fourth-order valence-electron chi connectivity index (χ4n) is 1.50. The number of benzene rings is 1. The Balaban J connectivity index is 2.41. The van der Waals surface area contributed by atoms with E-state index in [0.717, 1.165) is 16.6 Å². The van der Waals surface area contributed by atoms with Crippen LogP contribution in [-0.2, 0) is 0 Å². The van der Waals surface area contributed by atoms with E-state index in [0.29, 0.717) is 0 Å². The van der Waals surface area contributed by atoms with Crippen LogP contribution in [0.4, 0.5) is 8.78 Å². The second-order valence-electron chi connectivity index (χ2n) is 3.45. The van der Waals surface area contributed by atoms with E-state index in [9.17, 15) is 8.78 Å². The van der Waals surface area contributed by atoms with Gasteiger partial charge in [0.2, 0.25) is 0 Å². The summed E-state index contributed by atoms with van der Waals surface area (Å²) < 4.78 is 26.2. The molecule has 5 heteroatoms. The number of nitrogens with zero attached hydrogens (tertiary/aromatic N) is 1. The van der Waals surface area contributed by atoms with Gasteiger partial charge in [-0.15, -0.1) is 11.3 Å². The van der Waals surface area contributed by atoms with Crippen LogP contribution in [0.25, 0.3) is 0 Å². The molecule has 0 bridgehead atoms. The second kappa shape index (κ2) is 4.27. The Morgan fingerprint density at radius 2 is 2.12 bits per heavy atom. The largest absolute Gasteiger partial charge is 0.319 e. The Labute approximate surface area is 95.7 Å². The monoisotopic (exact) mass is 240 g/mol. The molecule has 0 saturated carbocycles. The first-order valence-electron chi connectivity index (χ1n) is 4.70. The van der Waals surface area contributed by atoms with Crippen molar-refractivity contribution >= 4 is 11.3 Å². The molecule has 0 saturated heterocycles. The van der Waals surface area contributed by atoms with E-state index in [2.05, 4.69) is 4.98 Å². The summed E-state index contributed by atoms with van der Waals surface area (Å²) in [6.45, 7) is 1.81. The van der Waals surface area contributed by atoms with Crippen molar-refractivity contribution in [3.05, 3.63) is 51.5 Å². The minimum atomic E-state index is -0.625. The van der Waals surface area contributed by atoms with Gasteiger partial charge in [-0.2, -0.15) is 0 Å². The van der Waals surface area contributed by atoms with Crippen molar-refractivity contribution in [1.29, 1.82) is 0 Å².